The predicted molar refractivity (Wildman–Crippen MR) is 124 cm³/mol. The largest absolute Gasteiger partial charge is 0.463 e. The van der Waals surface area contributed by atoms with Crippen molar-refractivity contribution in [1.29, 1.82) is 0 Å². The highest BCUT2D eigenvalue weighted by atomic mass is 16.6. The van der Waals surface area contributed by atoms with Crippen molar-refractivity contribution < 1.29 is 29.3 Å². The molecule has 0 bridgehead atoms. The van der Waals surface area contributed by atoms with Gasteiger partial charge in [0.25, 0.3) is 0 Å². The van der Waals surface area contributed by atoms with Gasteiger partial charge >= 0.3 is 11.9 Å². The van der Waals surface area contributed by atoms with Gasteiger partial charge in [0.05, 0.1) is 0 Å². The summed E-state index contributed by atoms with van der Waals surface area (Å²) >= 11 is 0. The summed E-state index contributed by atoms with van der Waals surface area (Å²) in [5, 5.41) is 21.9. The summed E-state index contributed by atoms with van der Waals surface area (Å²) in [5.41, 5.74) is -0.511. The Morgan fingerprint density at radius 2 is 1.82 bits per heavy atom. The third-order valence-corrected chi connectivity index (χ3v) is 9.80. The van der Waals surface area contributed by atoms with Crippen LogP contribution in [-0.4, -0.2) is 40.6 Å². The number of rotatable bonds is 4. The molecule has 1 heterocycles. The smallest absolute Gasteiger partial charge is 0.333 e. The topological polar surface area (TPSA) is 93.1 Å². The van der Waals surface area contributed by atoms with Crippen LogP contribution in [0.5, 0.6) is 0 Å². The standard InChI is InChI=1S/C27H40O6/c1-17(28)32-16-27(31)14-10-20-25(4)12-6-11-24(2,3)19(25)9-13-26(20,5)21(27)8-7-18-15-22(29)33-23(18)30/h7-8,15,19-21,23,30-31H,6,9-14,16H2,1-5H3/b8-7+/t19-,20+,21-,23?,25-,26+,27+/m0/s1. The van der Waals surface area contributed by atoms with Gasteiger partial charge in [-0.15, -0.1) is 0 Å². The number of aliphatic hydroxyl groups excluding tert-OH is 1. The van der Waals surface area contributed by atoms with Crippen molar-refractivity contribution in [3.63, 3.8) is 0 Å². The minimum absolute atomic E-state index is 0.0533. The van der Waals surface area contributed by atoms with Crippen LogP contribution in [0.2, 0.25) is 0 Å². The van der Waals surface area contributed by atoms with Crippen LogP contribution in [0.25, 0.3) is 0 Å². The Hall–Kier alpha value is -1.66. The van der Waals surface area contributed by atoms with Gasteiger partial charge in [-0.1, -0.05) is 46.3 Å². The first-order valence-corrected chi connectivity index (χ1v) is 12.5. The quantitative estimate of drug-likeness (QED) is 0.608. The predicted octanol–water partition coefficient (Wildman–Crippen LogP) is 4.30. The zero-order valence-electron chi connectivity index (χ0n) is 20.7. The van der Waals surface area contributed by atoms with Crippen molar-refractivity contribution >= 4 is 11.9 Å². The molecule has 3 fully saturated rings. The number of carbonyl (C=O) groups excluding carboxylic acids is 2. The van der Waals surface area contributed by atoms with Gasteiger partial charge < -0.3 is 19.7 Å². The highest BCUT2D eigenvalue weighted by molar-refractivity contribution is 5.86. The molecule has 0 radical (unpaired) electrons. The van der Waals surface area contributed by atoms with Gasteiger partial charge in [0, 0.05) is 24.5 Å². The Morgan fingerprint density at radius 3 is 2.45 bits per heavy atom. The minimum Gasteiger partial charge on any atom is -0.463 e. The van der Waals surface area contributed by atoms with Gasteiger partial charge in [-0.25, -0.2) is 4.79 Å². The average Bonchev–Trinajstić information content (AvgIpc) is 3.02. The molecule has 0 amide bonds. The first-order chi connectivity index (χ1) is 15.3. The van der Waals surface area contributed by atoms with E-state index in [1.807, 2.05) is 6.08 Å². The van der Waals surface area contributed by atoms with E-state index in [2.05, 4.69) is 27.7 Å². The Labute approximate surface area is 197 Å². The molecule has 1 unspecified atom stereocenters. The van der Waals surface area contributed by atoms with Crippen molar-refractivity contribution in [2.24, 2.45) is 34.0 Å². The fraction of sp³-hybridized carbons (Fsp3) is 0.778. The number of esters is 2. The van der Waals surface area contributed by atoms with Gasteiger partial charge in [0.2, 0.25) is 6.29 Å². The number of carbonyl (C=O) groups is 2. The molecule has 7 atom stereocenters. The molecule has 184 valence electrons. The van der Waals surface area contributed by atoms with Gasteiger partial charge in [0.1, 0.15) is 12.2 Å². The SMILES string of the molecule is CC(=O)OC[C@]1(O)CC[C@H]2[C@@](C)(CC[C@H]3C(C)(C)CCC[C@]23C)[C@@H]1/C=C/C1=CC(=O)OC1O. The molecule has 6 nitrogen and oxygen atoms in total. The fourth-order valence-electron chi connectivity index (χ4n) is 8.43. The second-order valence-corrected chi connectivity index (χ2v) is 12.2. The van der Waals surface area contributed by atoms with Crippen molar-refractivity contribution in [3.8, 4) is 0 Å². The average molecular weight is 461 g/mol. The fourth-order valence-corrected chi connectivity index (χ4v) is 8.43. The van der Waals surface area contributed by atoms with Crippen LogP contribution in [0.3, 0.4) is 0 Å². The molecule has 0 saturated heterocycles. The number of cyclic esters (lactones) is 1. The van der Waals surface area contributed by atoms with Gasteiger partial charge in [0.15, 0.2) is 0 Å². The van der Waals surface area contributed by atoms with E-state index in [0.29, 0.717) is 29.2 Å². The zero-order chi connectivity index (χ0) is 24.2. The first kappa shape index (κ1) is 24.5. The van der Waals surface area contributed by atoms with Gasteiger partial charge in [-0.2, -0.15) is 0 Å². The summed E-state index contributed by atoms with van der Waals surface area (Å²) in [5.74, 6) is -0.185. The lowest BCUT2D eigenvalue weighted by atomic mass is 9.38. The molecule has 0 aromatic rings. The lowest BCUT2D eigenvalue weighted by Crippen LogP contribution is -2.63. The molecule has 0 spiro atoms. The number of ether oxygens (including phenoxy) is 2. The van der Waals surface area contributed by atoms with Crippen molar-refractivity contribution in [1.82, 2.24) is 0 Å². The van der Waals surface area contributed by atoms with Gasteiger partial charge in [-0.3, -0.25) is 4.79 Å². The Bertz CT molecular complexity index is 874. The van der Waals surface area contributed by atoms with Crippen molar-refractivity contribution in [2.45, 2.75) is 91.5 Å². The third-order valence-electron chi connectivity index (χ3n) is 9.80. The minimum atomic E-state index is -1.28. The first-order valence-electron chi connectivity index (χ1n) is 12.5. The molecule has 2 N–H and O–H groups in total. The van der Waals surface area contributed by atoms with E-state index in [0.717, 1.165) is 19.3 Å². The maximum Gasteiger partial charge on any atom is 0.333 e. The van der Waals surface area contributed by atoms with Crippen molar-refractivity contribution in [2.75, 3.05) is 6.61 Å². The molecule has 0 aromatic heterocycles. The third kappa shape index (κ3) is 4.07. The number of fused-ring (bicyclic) bond motifs is 3. The summed E-state index contributed by atoms with van der Waals surface area (Å²) in [6.07, 6.45) is 10.9. The Balaban J connectivity index is 1.72. The van der Waals surface area contributed by atoms with E-state index in [1.165, 1.54) is 32.3 Å². The summed E-state index contributed by atoms with van der Waals surface area (Å²) < 4.78 is 10.2. The normalized spacial score (nSPS) is 44.6. The van der Waals surface area contributed by atoms with Crippen LogP contribution in [-0.2, 0) is 19.1 Å². The molecule has 3 aliphatic carbocycles. The van der Waals surface area contributed by atoms with Crippen molar-refractivity contribution in [3.05, 3.63) is 23.8 Å². The van der Waals surface area contributed by atoms with E-state index in [9.17, 15) is 19.8 Å². The van der Waals surface area contributed by atoms with Crippen LogP contribution in [0, 0.1) is 34.0 Å². The van der Waals surface area contributed by atoms with E-state index in [1.54, 1.807) is 6.08 Å². The highest BCUT2D eigenvalue weighted by Crippen LogP contribution is 2.69. The molecule has 4 aliphatic rings. The summed E-state index contributed by atoms with van der Waals surface area (Å²) in [7, 11) is 0. The molecule has 4 rings (SSSR count). The van der Waals surface area contributed by atoms with Crippen LogP contribution in [0.15, 0.2) is 23.8 Å². The van der Waals surface area contributed by atoms with Gasteiger partial charge in [-0.05, 0) is 66.6 Å². The van der Waals surface area contributed by atoms with Crippen LogP contribution >= 0.6 is 0 Å². The van der Waals surface area contributed by atoms with Crippen LogP contribution in [0.1, 0.15) is 79.6 Å². The number of hydrogen-bond donors (Lipinski definition) is 2. The number of aliphatic hydroxyl groups is 2. The molecular formula is C27H40O6. The molecule has 6 heteroatoms. The summed E-state index contributed by atoms with van der Waals surface area (Å²) in [6, 6.07) is 0. The maximum absolute atomic E-state index is 11.8. The maximum atomic E-state index is 11.8. The van der Waals surface area contributed by atoms with Crippen LogP contribution in [0.4, 0.5) is 0 Å². The lowest BCUT2D eigenvalue weighted by Gasteiger charge is -2.67. The monoisotopic (exact) mass is 460 g/mol. The van der Waals surface area contributed by atoms with E-state index in [4.69, 9.17) is 9.47 Å². The van der Waals surface area contributed by atoms with E-state index >= 15 is 0 Å². The Kier molecular flexibility index (Phi) is 6.10. The van der Waals surface area contributed by atoms with E-state index in [-0.39, 0.29) is 23.4 Å². The molecular weight excluding hydrogens is 420 g/mol. The summed E-state index contributed by atoms with van der Waals surface area (Å²) in [6.45, 7) is 10.9. The molecule has 33 heavy (non-hydrogen) atoms. The lowest BCUT2D eigenvalue weighted by molar-refractivity contribution is -0.214. The molecule has 1 aliphatic heterocycles. The summed E-state index contributed by atoms with van der Waals surface area (Å²) in [4.78, 5) is 23.2. The number of hydrogen-bond acceptors (Lipinski definition) is 6. The van der Waals surface area contributed by atoms with E-state index < -0.39 is 23.8 Å². The molecule has 3 saturated carbocycles. The second-order valence-electron chi connectivity index (χ2n) is 12.2. The van der Waals surface area contributed by atoms with Crippen LogP contribution < -0.4 is 0 Å². The highest BCUT2D eigenvalue weighted by Gasteiger charge is 2.64. The zero-order valence-corrected chi connectivity index (χ0v) is 20.7. The Morgan fingerprint density at radius 1 is 1.12 bits per heavy atom. The second kappa shape index (κ2) is 8.23. The molecule has 0 aromatic carbocycles.